The van der Waals surface area contributed by atoms with Crippen molar-refractivity contribution in [1.29, 1.82) is 0 Å². The standard InChI is InChI=1S/C26H23ClN2O4/c1-15(2)33-21-10-9-17(12-16(21)3)24(30)22-23(18-6-5-11-28-14-18)29(26(32)25(22)31)20-8-4-7-19(27)13-20/h4-15,23,30H,1-3H3/b24-22-. The van der Waals surface area contributed by atoms with Gasteiger partial charge in [-0.25, -0.2) is 0 Å². The molecular formula is C26H23ClN2O4. The highest BCUT2D eigenvalue weighted by Gasteiger charge is 2.47. The highest BCUT2D eigenvalue weighted by atomic mass is 35.5. The van der Waals surface area contributed by atoms with Crippen molar-refractivity contribution in [3.8, 4) is 5.75 Å². The molecule has 168 valence electrons. The zero-order valence-electron chi connectivity index (χ0n) is 18.4. The predicted octanol–water partition coefficient (Wildman–Crippen LogP) is 5.46. The fraction of sp³-hybridized carbons (Fsp3) is 0.192. The van der Waals surface area contributed by atoms with Crippen LogP contribution in [0.4, 0.5) is 5.69 Å². The topological polar surface area (TPSA) is 79.7 Å². The van der Waals surface area contributed by atoms with Crippen molar-refractivity contribution in [2.75, 3.05) is 4.90 Å². The molecule has 6 nitrogen and oxygen atoms in total. The van der Waals surface area contributed by atoms with E-state index in [4.69, 9.17) is 16.3 Å². The molecule has 1 aromatic heterocycles. The number of hydrogen-bond donors (Lipinski definition) is 1. The summed E-state index contributed by atoms with van der Waals surface area (Å²) in [6, 6.07) is 14.5. The van der Waals surface area contributed by atoms with Gasteiger partial charge in [0.2, 0.25) is 0 Å². The molecule has 4 rings (SSSR count). The third-order valence-electron chi connectivity index (χ3n) is 5.34. The zero-order chi connectivity index (χ0) is 23.7. The molecule has 1 N–H and O–H groups in total. The van der Waals surface area contributed by atoms with Crippen LogP contribution in [0.1, 0.15) is 36.6 Å². The van der Waals surface area contributed by atoms with Gasteiger partial charge in [0.15, 0.2) is 0 Å². The molecule has 2 heterocycles. The van der Waals surface area contributed by atoms with E-state index in [1.807, 2.05) is 20.8 Å². The highest BCUT2D eigenvalue weighted by molar-refractivity contribution is 6.51. The van der Waals surface area contributed by atoms with Crippen LogP contribution < -0.4 is 9.64 Å². The van der Waals surface area contributed by atoms with Crippen LogP contribution in [0.2, 0.25) is 5.02 Å². The third kappa shape index (κ3) is 4.34. The van der Waals surface area contributed by atoms with Crippen LogP contribution in [-0.4, -0.2) is 27.9 Å². The van der Waals surface area contributed by atoms with E-state index in [0.717, 1.165) is 5.56 Å². The Bertz CT molecular complexity index is 1250. The molecule has 3 aromatic rings. The summed E-state index contributed by atoms with van der Waals surface area (Å²) >= 11 is 6.16. The van der Waals surface area contributed by atoms with Gasteiger partial charge in [-0.05, 0) is 74.4 Å². The molecule has 0 aliphatic carbocycles. The minimum absolute atomic E-state index is 0.00301. The number of pyridine rings is 1. The summed E-state index contributed by atoms with van der Waals surface area (Å²) in [5.41, 5.74) is 2.25. The van der Waals surface area contributed by atoms with E-state index in [0.29, 0.717) is 27.6 Å². The second kappa shape index (κ2) is 9.08. The lowest BCUT2D eigenvalue weighted by Crippen LogP contribution is -2.29. The monoisotopic (exact) mass is 462 g/mol. The number of carbonyl (C=O) groups is 2. The Morgan fingerprint density at radius 3 is 2.55 bits per heavy atom. The second-order valence-corrected chi connectivity index (χ2v) is 8.52. The van der Waals surface area contributed by atoms with Crippen molar-refractivity contribution < 1.29 is 19.4 Å². The van der Waals surface area contributed by atoms with Crippen molar-refractivity contribution >= 4 is 34.7 Å². The Balaban J connectivity index is 1.88. The first-order valence-electron chi connectivity index (χ1n) is 10.5. The molecule has 0 radical (unpaired) electrons. The average molecular weight is 463 g/mol. The maximum Gasteiger partial charge on any atom is 0.300 e. The van der Waals surface area contributed by atoms with Crippen LogP contribution >= 0.6 is 11.6 Å². The fourth-order valence-electron chi connectivity index (χ4n) is 3.92. The predicted molar refractivity (Wildman–Crippen MR) is 127 cm³/mol. The first-order chi connectivity index (χ1) is 15.8. The number of carbonyl (C=O) groups excluding carboxylic acids is 2. The summed E-state index contributed by atoms with van der Waals surface area (Å²) in [5, 5.41) is 11.7. The molecular weight excluding hydrogens is 440 g/mol. The number of aliphatic hydroxyl groups excluding tert-OH is 1. The van der Waals surface area contributed by atoms with E-state index in [1.165, 1.54) is 4.90 Å². The maximum atomic E-state index is 13.2. The number of rotatable bonds is 5. The van der Waals surface area contributed by atoms with Gasteiger partial charge in [-0.15, -0.1) is 0 Å². The Kier molecular flexibility index (Phi) is 6.20. The summed E-state index contributed by atoms with van der Waals surface area (Å²) < 4.78 is 5.77. The van der Waals surface area contributed by atoms with Gasteiger partial charge in [0, 0.05) is 28.7 Å². The number of ketones is 1. The van der Waals surface area contributed by atoms with Crippen molar-refractivity contribution in [3.05, 3.63) is 94.3 Å². The summed E-state index contributed by atoms with van der Waals surface area (Å²) in [6.45, 7) is 5.72. The average Bonchev–Trinajstić information content (AvgIpc) is 3.05. The number of ether oxygens (including phenoxy) is 1. The maximum absolute atomic E-state index is 13.2. The van der Waals surface area contributed by atoms with Gasteiger partial charge in [0.25, 0.3) is 11.7 Å². The van der Waals surface area contributed by atoms with Gasteiger partial charge in [0.05, 0.1) is 17.7 Å². The second-order valence-electron chi connectivity index (χ2n) is 8.08. The lowest BCUT2D eigenvalue weighted by atomic mass is 9.95. The molecule has 0 saturated carbocycles. The lowest BCUT2D eigenvalue weighted by Gasteiger charge is -2.25. The number of aromatic nitrogens is 1. The van der Waals surface area contributed by atoms with E-state index in [2.05, 4.69) is 4.98 Å². The minimum Gasteiger partial charge on any atom is -0.507 e. The number of amides is 1. The van der Waals surface area contributed by atoms with Crippen LogP contribution in [0, 0.1) is 6.92 Å². The van der Waals surface area contributed by atoms with E-state index in [-0.39, 0.29) is 17.4 Å². The lowest BCUT2D eigenvalue weighted by molar-refractivity contribution is -0.132. The van der Waals surface area contributed by atoms with Gasteiger partial charge in [-0.3, -0.25) is 19.5 Å². The summed E-state index contributed by atoms with van der Waals surface area (Å²) in [6.07, 6.45) is 3.18. The van der Waals surface area contributed by atoms with Crippen molar-refractivity contribution in [2.24, 2.45) is 0 Å². The van der Waals surface area contributed by atoms with Crippen molar-refractivity contribution in [3.63, 3.8) is 0 Å². The van der Waals surface area contributed by atoms with Gasteiger partial charge in [-0.2, -0.15) is 0 Å². The SMILES string of the molecule is Cc1cc(/C(O)=C2/C(=O)C(=O)N(c3cccc(Cl)c3)C2c2cccnc2)ccc1OC(C)C. The number of hydrogen-bond acceptors (Lipinski definition) is 5. The van der Waals surface area contributed by atoms with E-state index < -0.39 is 17.7 Å². The smallest absolute Gasteiger partial charge is 0.300 e. The number of halogens is 1. The number of aliphatic hydroxyl groups is 1. The first kappa shape index (κ1) is 22.6. The molecule has 1 unspecified atom stereocenters. The molecule has 0 spiro atoms. The van der Waals surface area contributed by atoms with E-state index >= 15 is 0 Å². The van der Waals surface area contributed by atoms with Gasteiger partial charge >= 0.3 is 0 Å². The van der Waals surface area contributed by atoms with E-state index in [1.54, 1.807) is 67.0 Å². The van der Waals surface area contributed by atoms with Crippen LogP contribution in [-0.2, 0) is 9.59 Å². The molecule has 1 aliphatic heterocycles. The van der Waals surface area contributed by atoms with Crippen molar-refractivity contribution in [2.45, 2.75) is 32.9 Å². The molecule has 1 atom stereocenters. The molecule has 1 amide bonds. The number of aryl methyl sites for hydroxylation is 1. The number of anilines is 1. The molecule has 2 aromatic carbocycles. The summed E-state index contributed by atoms with van der Waals surface area (Å²) in [7, 11) is 0. The van der Waals surface area contributed by atoms with Gasteiger partial charge in [0.1, 0.15) is 11.5 Å². The van der Waals surface area contributed by atoms with E-state index in [9.17, 15) is 14.7 Å². The molecule has 0 bridgehead atoms. The quantitative estimate of drug-likeness (QED) is 0.309. The van der Waals surface area contributed by atoms with Crippen LogP contribution in [0.25, 0.3) is 5.76 Å². The molecule has 7 heteroatoms. The third-order valence-corrected chi connectivity index (χ3v) is 5.58. The molecule has 1 saturated heterocycles. The highest BCUT2D eigenvalue weighted by Crippen LogP contribution is 2.42. The number of Topliss-reactive ketones (excluding diaryl/α,β-unsaturated/α-hetero) is 1. The Morgan fingerprint density at radius 1 is 1.12 bits per heavy atom. The number of nitrogens with zero attached hydrogens (tertiary/aromatic N) is 2. The Morgan fingerprint density at radius 2 is 1.91 bits per heavy atom. The van der Waals surface area contributed by atoms with Crippen molar-refractivity contribution in [1.82, 2.24) is 4.98 Å². The van der Waals surface area contributed by atoms with Crippen LogP contribution in [0.5, 0.6) is 5.75 Å². The summed E-state index contributed by atoms with van der Waals surface area (Å²) in [5.74, 6) is -1.10. The van der Waals surface area contributed by atoms with Crippen LogP contribution in [0.15, 0.2) is 72.6 Å². The Labute approximate surface area is 197 Å². The molecule has 1 aliphatic rings. The molecule has 1 fully saturated rings. The minimum atomic E-state index is -0.857. The zero-order valence-corrected chi connectivity index (χ0v) is 19.2. The Hall–Kier alpha value is -3.64. The summed E-state index contributed by atoms with van der Waals surface area (Å²) in [4.78, 5) is 31.8. The molecule has 33 heavy (non-hydrogen) atoms. The first-order valence-corrected chi connectivity index (χ1v) is 10.9. The fourth-order valence-corrected chi connectivity index (χ4v) is 4.10. The largest absolute Gasteiger partial charge is 0.507 e. The van der Waals surface area contributed by atoms with Crippen LogP contribution in [0.3, 0.4) is 0 Å². The number of benzene rings is 2. The normalized spacial score (nSPS) is 17.6. The van der Waals surface area contributed by atoms with Gasteiger partial charge < -0.3 is 9.84 Å². The van der Waals surface area contributed by atoms with Gasteiger partial charge in [-0.1, -0.05) is 23.7 Å².